The van der Waals surface area contributed by atoms with E-state index in [4.69, 9.17) is 4.98 Å². The van der Waals surface area contributed by atoms with Crippen LogP contribution in [0.3, 0.4) is 0 Å². The molecule has 4 heterocycles. The number of likely N-dealkylation sites (tertiary alicyclic amines) is 1. The van der Waals surface area contributed by atoms with Gasteiger partial charge in [-0.2, -0.15) is 0 Å². The normalized spacial score (nSPS) is 17.0. The Bertz CT molecular complexity index is 1150. The topological polar surface area (TPSA) is 69.6 Å². The molecule has 2 aromatic heterocycles. The van der Waals surface area contributed by atoms with Gasteiger partial charge in [-0.05, 0) is 42.7 Å². The van der Waals surface area contributed by atoms with Crippen LogP contribution in [0.4, 0.5) is 10.2 Å². The van der Waals surface area contributed by atoms with Crippen molar-refractivity contribution in [3.8, 4) is 0 Å². The minimum atomic E-state index is -0.296. The molecule has 1 aromatic carbocycles. The highest BCUT2D eigenvalue weighted by Crippen LogP contribution is 2.31. The summed E-state index contributed by atoms with van der Waals surface area (Å²) in [5.41, 5.74) is 1.34. The third kappa shape index (κ3) is 5.51. The zero-order valence-electron chi connectivity index (χ0n) is 19.5. The lowest BCUT2D eigenvalue weighted by Crippen LogP contribution is -2.49. The summed E-state index contributed by atoms with van der Waals surface area (Å²) in [5, 5.41) is 2.85. The lowest BCUT2D eigenvalue weighted by Gasteiger charge is -2.35. The Morgan fingerprint density at radius 2 is 1.69 bits per heavy atom. The molecule has 0 unspecified atom stereocenters. The third-order valence-corrected chi connectivity index (χ3v) is 7.75. The predicted octanol–water partition coefficient (Wildman–Crippen LogP) is 3.59. The van der Waals surface area contributed by atoms with Gasteiger partial charge in [0.05, 0.1) is 11.4 Å². The molecule has 0 aliphatic carbocycles. The molecule has 2 saturated heterocycles. The van der Waals surface area contributed by atoms with Crippen molar-refractivity contribution in [2.24, 2.45) is 0 Å². The number of hydrogen-bond donors (Lipinski definition) is 0. The summed E-state index contributed by atoms with van der Waals surface area (Å²) in [6.45, 7) is 4.15. The molecule has 0 N–H and O–H groups in total. The maximum Gasteiger partial charge on any atom is 0.273 e. The summed E-state index contributed by atoms with van der Waals surface area (Å²) >= 11 is 1.54. The molecule has 2 aliphatic rings. The Morgan fingerprint density at radius 1 is 0.943 bits per heavy atom. The molecule has 0 spiro atoms. The van der Waals surface area contributed by atoms with E-state index in [9.17, 15) is 14.0 Å². The third-order valence-electron chi connectivity index (χ3n) is 6.75. The lowest BCUT2D eigenvalue weighted by atomic mass is 9.97. The average molecular weight is 494 g/mol. The van der Waals surface area contributed by atoms with Crippen molar-refractivity contribution in [1.29, 1.82) is 0 Å². The van der Waals surface area contributed by atoms with Crippen LogP contribution in [0, 0.1) is 5.82 Å². The number of nitrogens with zero attached hydrogens (tertiary/aromatic N) is 5. The maximum absolute atomic E-state index is 13.1. The molecule has 0 bridgehead atoms. The first-order chi connectivity index (χ1) is 17.1. The number of piperidine rings is 1. The number of pyridine rings is 1. The summed E-state index contributed by atoms with van der Waals surface area (Å²) in [4.78, 5) is 40.7. The number of benzene rings is 1. The van der Waals surface area contributed by atoms with E-state index in [1.54, 1.807) is 29.7 Å². The van der Waals surface area contributed by atoms with Crippen LogP contribution in [0.1, 0.15) is 39.8 Å². The van der Waals surface area contributed by atoms with Gasteiger partial charge in [0.15, 0.2) is 0 Å². The van der Waals surface area contributed by atoms with Crippen molar-refractivity contribution >= 4 is 29.0 Å². The van der Waals surface area contributed by atoms with Gasteiger partial charge in [0.25, 0.3) is 5.91 Å². The number of piperazine rings is 1. The highest BCUT2D eigenvalue weighted by Gasteiger charge is 2.28. The predicted molar refractivity (Wildman–Crippen MR) is 133 cm³/mol. The standard InChI is InChI=1S/C26H28FN5O2S/c27-21-6-4-19(5-7-21)17-24(33)31-11-8-20(9-12-31)25-29-22(18-35-25)26(34)32-15-13-30(14-16-32)23-3-1-2-10-28-23/h1-7,10,18,20H,8-9,11-17H2. The second kappa shape index (κ2) is 10.5. The van der Waals surface area contributed by atoms with Crippen molar-refractivity contribution in [3.05, 3.63) is 76.1 Å². The fraction of sp³-hybridized carbons (Fsp3) is 0.385. The summed E-state index contributed by atoms with van der Waals surface area (Å²) < 4.78 is 13.1. The van der Waals surface area contributed by atoms with Crippen LogP contribution in [-0.2, 0) is 11.2 Å². The molecule has 7 nitrogen and oxygen atoms in total. The van der Waals surface area contributed by atoms with Crippen molar-refractivity contribution in [3.63, 3.8) is 0 Å². The highest BCUT2D eigenvalue weighted by molar-refractivity contribution is 7.09. The number of amides is 2. The number of anilines is 1. The monoisotopic (exact) mass is 493 g/mol. The molecule has 5 rings (SSSR count). The first-order valence-corrected chi connectivity index (χ1v) is 12.9. The van der Waals surface area contributed by atoms with Crippen molar-refractivity contribution in [2.75, 3.05) is 44.2 Å². The number of halogens is 1. The quantitative estimate of drug-likeness (QED) is 0.543. The Kier molecular flexibility index (Phi) is 7.03. The SMILES string of the molecule is O=C(Cc1ccc(F)cc1)N1CCC(c2nc(C(=O)N3CCN(c4ccccn4)CC3)cs2)CC1. The van der Waals surface area contributed by atoms with Crippen molar-refractivity contribution in [2.45, 2.75) is 25.2 Å². The molecule has 0 radical (unpaired) electrons. The number of rotatable bonds is 5. The van der Waals surface area contributed by atoms with E-state index in [-0.39, 0.29) is 30.0 Å². The molecule has 35 heavy (non-hydrogen) atoms. The van der Waals surface area contributed by atoms with E-state index in [2.05, 4.69) is 9.88 Å². The number of carbonyl (C=O) groups excluding carboxylic acids is 2. The molecule has 182 valence electrons. The van der Waals surface area contributed by atoms with Crippen molar-refractivity contribution in [1.82, 2.24) is 19.8 Å². The van der Waals surface area contributed by atoms with E-state index >= 15 is 0 Å². The van der Waals surface area contributed by atoms with E-state index in [1.165, 1.54) is 12.1 Å². The van der Waals surface area contributed by atoms with Gasteiger partial charge >= 0.3 is 0 Å². The van der Waals surface area contributed by atoms with Crippen LogP contribution >= 0.6 is 11.3 Å². The fourth-order valence-electron chi connectivity index (χ4n) is 4.68. The van der Waals surface area contributed by atoms with Gasteiger partial charge in [-0.3, -0.25) is 9.59 Å². The molecule has 2 fully saturated rings. The molecule has 0 atom stereocenters. The summed E-state index contributed by atoms with van der Waals surface area (Å²) in [5.74, 6) is 0.959. The van der Waals surface area contributed by atoms with Gasteiger partial charge in [0.1, 0.15) is 17.3 Å². The number of hydrogen-bond acceptors (Lipinski definition) is 6. The van der Waals surface area contributed by atoms with Gasteiger partial charge in [-0.1, -0.05) is 18.2 Å². The molecule has 9 heteroatoms. The molecular formula is C26H28FN5O2S. The second-order valence-corrected chi connectivity index (χ2v) is 9.89. The lowest BCUT2D eigenvalue weighted by molar-refractivity contribution is -0.131. The zero-order chi connectivity index (χ0) is 24.2. The molecule has 2 amide bonds. The molecule has 0 saturated carbocycles. The summed E-state index contributed by atoms with van der Waals surface area (Å²) in [6.07, 6.45) is 3.74. The number of carbonyl (C=O) groups is 2. The average Bonchev–Trinajstić information content (AvgIpc) is 3.41. The smallest absolute Gasteiger partial charge is 0.273 e. The van der Waals surface area contributed by atoms with Gasteiger partial charge in [-0.15, -0.1) is 11.3 Å². The van der Waals surface area contributed by atoms with Crippen LogP contribution in [0.2, 0.25) is 0 Å². The molecule has 2 aliphatic heterocycles. The Hall–Kier alpha value is -3.33. The van der Waals surface area contributed by atoms with E-state index in [1.807, 2.05) is 33.4 Å². The van der Waals surface area contributed by atoms with Gasteiger partial charge < -0.3 is 14.7 Å². The minimum Gasteiger partial charge on any atom is -0.353 e. The first-order valence-electron chi connectivity index (χ1n) is 12.0. The largest absolute Gasteiger partial charge is 0.353 e. The summed E-state index contributed by atoms with van der Waals surface area (Å²) in [6, 6.07) is 12.0. The molecule has 3 aromatic rings. The van der Waals surface area contributed by atoms with Crippen LogP contribution in [0.15, 0.2) is 54.0 Å². The minimum absolute atomic E-state index is 0.0138. The van der Waals surface area contributed by atoms with E-state index in [0.717, 1.165) is 42.3 Å². The van der Waals surface area contributed by atoms with Crippen molar-refractivity contribution < 1.29 is 14.0 Å². The first kappa shape index (κ1) is 23.4. The van der Waals surface area contributed by atoms with Gasteiger partial charge in [-0.25, -0.2) is 14.4 Å². The maximum atomic E-state index is 13.1. The summed E-state index contributed by atoms with van der Waals surface area (Å²) in [7, 11) is 0. The Morgan fingerprint density at radius 3 is 2.37 bits per heavy atom. The van der Waals surface area contributed by atoms with Crippen LogP contribution in [0.5, 0.6) is 0 Å². The van der Waals surface area contributed by atoms with Crippen LogP contribution in [0.25, 0.3) is 0 Å². The van der Waals surface area contributed by atoms with Gasteiger partial charge in [0.2, 0.25) is 5.91 Å². The second-order valence-electron chi connectivity index (χ2n) is 9.00. The van der Waals surface area contributed by atoms with Crippen LogP contribution < -0.4 is 4.90 Å². The Balaban J connectivity index is 1.11. The zero-order valence-corrected chi connectivity index (χ0v) is 20.3. The molecular weight excluding hydrogens is 465 g/mol. The van der Waals surface area contributed by atoms with E-state index in [0.29, 0.717) is 31.9 Å². The van der Waals surface area contributed by atoms with Gasteiger partial charge in [0, 0.05) is 56.8 Å². The number of aromatic nitrogens is 2. The van der Waals surface area contributed by atoms with E-state index < -0.39 is 0 Å². The highest BCUT2D eigenvalue weighted by atomic mass is 32.1. The van der Waals surface area contributed by atoms with Crippen LogP contribution in [-0.4, -0.2) is 70.9 Å². The number of thiazole rings is 1. The Labute approximate surface area is 208 Å². The fourth-order valence-corrected chi connectivity index (χ4v) is 5.64.